The molecule has 0 aliphatic heterocycles. The van der Waals surface area contributed by atoms with Gasteiger partial charge < -0.3 is 10.4 Å². The molecule has 2 unspecified atom stereocenters. The summed E-state index contributed by atoms with van der Waals surface area (Å²) < 4.78 is 1.39. The molecule has 0 bridgehead atoms. The first-order valence-corrected chi connectivity index (χ1v) is 9.24. The molecule has 4 heteroatoms. The van der Waals surface area contributed by atoms with E-state index in [-0.39, 0.29) is 6.10 Å². The van der Waals surface area contributed by atoms with Crippen LogP contribution in [0.5, 0.6) is 0 Å². The Bertz CT molecular complexity index is 403. The first kappa shape index (κ1) is 15.7. The normalized spacial score (nSPS) is 20.6. The number of halogens is 1. The predicted molar refractivity (Wildman–Crippen MR) is 90.8 cm³/mol. The summed E-state index contributed by atoms with van der Waals surface area (Å²) in [5.74, 6) is 0.429. The molecule has 2 rings (SSSR count). The molecule has 2 N–H and O–H groups in total. The Kier molecular flexibility index (Phi) is 6.11. The molecule has 1 heterocycles. The third kappa shape index (κ3) is 3.93. The number of aryl methyl sites for hydroxylation is 1. The molecule has 0 saturated heterocycles. The van der Waals surface area contributed by atoms with E-state index >= 15 is 0 Å². The van der Waals surface area contributed by atoms with Crippen molar-refractivity contribution in [2.24, 2.45) is 5.92 Å². The molecule has 2 nitrogen and oxygen atoms in total. The van der Waals surface area contributed by atoms with E-state index in [1.54, 1.807) is 4.88 Å². The fourth-order valence-electron chi connectivity index (χ4n) is 3.00. The van der Waals surface area contributed by atoms with Gasteiger partial charge in [0, 0.05) is 17.5 Å². The monoisotopic (exact) mass is 393 g/mol. The van der Waals surface area contributed by atoms with Crippen LogP contribution in [-0.4, -0.2) is 17.8 Å². The number of rotatable bonds is 6. The number of nitrogens with one attached hydrogen (secondary N) is 1. The van der Waals surface area contributed by atoms with Crippen LogP contribution >= 0.6 is 33.9 Å². The third-order valence-corrected chi connectivity index (χ3v) is 6.22. The van der Waals surface area contributed by atoms with E-state index in [0.717, 1.165) is 19.4 Å². The van der Waals surface area contributed by atoms with E-state index in [1.807, 2.05) is 11.3 Å². The van der Waals surface area contributed by atoms with Gasteiger partial charge in [0.2, 0.25) is 0 Å². The van der Waals surface area contributed by atoms with E-state index < -0.39 is 0 Å². The number of aliphatic hydroxyl groups excluding tert-OH is 1. The second kappa shape index (κ2) is 7.38. The molecule has 2 atom stereocenters. The lowest BCUT2D eigenvalue weighted by Crippen LogP contribution is -2.35. The van der Waals surface area contributed by atoms with Crippen LogP contribution in [0.25, 0.3) is 0 Å². The first-order valence-electron chi connectivity index (χ1n) is 7.35. The minimum absolute atomic E-state index is 0.210. The molecule has 0 fully saturated rings. The number of aliphatic hydroxyl groups is 1. The van der Waals surface area contributed by atoms with Crippen LogP contribution in [-0.2, 0) is 6.42 Å². The highest BCUT2D eigenvalue weighted by atomic mass is 127. The van der Waals surface area contributed by atoms with E-state index in [4.69, 9.17) is 0 Å². The summed E-state index contributed by atoms with van der Waals surface area (Å²) in [4.78, 5) is 1.55. The van der Waals surface area contributed by atoms with Gasteiger partial charge in [-0.1, -0.05) is 26.7 Å². The van der Waals surface area contributed by atoms with Crippen molar-refractivity contribution in [2.45, 2.75) is 58.1 Å². The highest BCUT2D eigenvalue weighted by Crippen LogP contribution is 2.36. The summed E-state index contributed by atoms with van der Waals surface area (Å²) >= 11 is 4.34. The average Bonchev–Trinajstić information content (AvgIpc) is 2.78. The summed E-state index contributed by atoms with van der Waals surface area (Å²) in [7, 11) is 0. The molecular formula is C15H24INOS. The number of hydrogen-bond donors (Lipinski definition) is 2. The minimum atomic E-state index is -0.210. The summed E-state index contributed by atoms with van der Waals surface area (Å²) in [5.41, 5.74) is 1.48. The number of thiophene rings is 1. The van der Waals surface area contributed by atoms with Gasteiger partial charge in [-0.3, -0.25) is 0 Å². The van der Waals surface area contributed by atoms with E-state index in [9.17, 15) is 5.11 Å². The molecule has 0 spiro atoms. The average molecular weight is 393 g/mol. The van der Waals surface area contributed by atoms with E-state index in [0.29, 0.717) is 12.0 Å². The van der Waals surface area contributed by atoms with Gasteiger partial charge in [0.05, 0.1) is 8.99 Å². The van der Waals surface area contributed by atoms with Crippen molar-refractivity contribution < 1.29 is 5.11 Å². The zero-order valence-corrected chi connectivity index (χ0v) is 14.8. The Labute approximate surface area is 134 Å². The Hall–Kier alpha value is 0.350. The van der Waals surface area contributed by atoms with Gasteiger partial charge in [0.15, 0.2) is 0 Å². The van der Waals surface area contributed by atoms with Gasteiger partial charge >= 0.3 is 0 Å². The van der Waals surface area contributed by atoms with Crippen LogP contribution < -0.4 is 5.32 Å². The molecular weight excluding hydrogens is 369 g/mol. The Morgan fingerprint density at radius 2 is 2.21 bits per heavy atom. The molecule has 0 aromatic carbocycles. The van der Waals surface area contributed by atoms with Crippen molar-refractivity contribution in [3.8, 4) is 0 Å². The van der Waals surface area contributed by atoms with Crippen LogP contribution in [0.15, 0.2) is 6.07 Å². The fourth-order valence-corrected chi connectivity index (χ4v) is 5.12. The summed E-state index contributed by atoms with van der Waals surface area (Å²) in [6.45, 7) is 5.05. The second-order valence-electron chi connectivity index (χ2n) is 5.43. The molecule has 0 radical (unpaired) electrons. The second-order valence-corrected chi connectivity index (χ2v) is 8.46. The maximum absolute atomic E-state index is 10.2. The fraction of sp³-hybridized carbons (Fsp3) is 0.733. The quantitative estimate of drug-likeness (QED) is 0.713. The lowest BCUT2D eigenvalue weighted by Gasteiger charge is -2.27. The van der Waals surface area contributed by atoms with Gasteiger partial charge in [-0.25, -0.2) is 0 Å². The largest absolute Gasteiger partial charge is 0.392 e. The van der Waals surface area contributed by atoms with Crippen LogP contribution in [0.2, 0.25) is 0 Å². The molecule has 19 heavy (non-hydrogen) atoms. The zero-order valence-electron chi connectivity index (χ0n) is 11.8. The SMILES string of the molecule is CCC(CC)C(O)CNC1CCCc2sc(I)cc21. The molecule has 1 aromatic rings. The van der Waals surface area contributed by atoms with E-state index in [2.05, 4.69) is 47.8 Å². The highest BCUT2D eigenvalue weighted by Gasteiger charge is 2.24. The maximum atomic E-state index is 10.2. The molecule has 108 valence electrons. The maximum Gasteiger partial charge on any atom is 0.0692 e. The Morgan fingerprint density at radius 3 is 2.89 bits per heavy atom. The minimum Gasteiger partial charge on any atom is -0.392 e. The molecule has 1 aliphatic carbocycles. The topological polar surface area (TPSA) is 32.3 Å². The van der Waals surface area contributed by atoms with Crippen LogP contribution in [0.1, 0.15) is 56.0 Å². The van der Waals surface area contributed by atoms with Crippen LogP contribution in [0, 0.1) is 8.80 Å². The Balaban J connectivity index is 1.94. The van der Waals surface area contributed by atoms with Crippen molar-refractivity contribution in [2.75, 3.05) is 6.54 Å². The van der Waals surface area contributed by atoms with Crippen molar-refractivity contribution in [3.63, 3.8) is 0 Å². The standard InChI is InChI=1S/C15H24INOS/c1-3-10(4-2)13(18)9-17-12-6-5-7-14-11(12)8-15(16)19-14/h8,10,12-13,17-18H,3-7,9H2,1-2H3. The van der Waals surface area contributed by atoms with Gasteiger partial charge in [-0.05, 0) is 59.4 Å². The summed E-state index contributed by atoms with van der Waals surface area (Å²) in [6.07, 6.45) is 5.61. The van der Waals surface area contributed by atoms with Gasteiger partial charge in [0.1, 0.15) is 0 Å². The van der Waals surface area contributed by atoms with E-state index in [1.165, 1.54) is 27.7 Å². The summed E-state index contributed by atoms with van der Waals surface area (Å²) in [5, 5.41) is 13.8. The predicted octanol–water partition coefficient (Wildman–Crippen LogP) is 4.12. The zero-order chi connectivity index (χ0) is 13.8. The van der Waals surface area contributed by atoms with Crippen molar-refractivity contribution in [1.82, 2.24) is 5.32 Å². The smallest absolute Gasteiger partial charge is 0.0692 e. The molecule has 0 amide bonds. The lowest BCUT2D eigenvalue weighted by atomic mass is 9.92. The lowest BCUT2D eigenvalue weighted by molar-refractivity contribution is 0.0975. The number of fused-ring (bicyclic) bond motifs is 1. The first-order chi connectivity index (χ1) is 9.15. The van der Waals surface area contributed by atoms with Crippen molar-refractivity contribution in [1.29, 1.82) is 0 Å². The van der Waals surface area contributed by atoms with Crippen LogP contribution in [0.3, 0.4) is 0 Å². The van der Waals surface area contributed by atoms with Crippen molar-refractivity contribution >= 4 is 33.9 Å². The third-order valence-electron chi connectivity index (χ3n) is 4.25. The Morgan fingerprint density at radius 1 is 1.47 bits per heavy atom. The van der Waals surface area contributed by atoms with Gasteiger partial charge in [-0.2, -0.15) is 0 Å². The van der Waals surface area contributed by atoms with Gasteiger partial charge in [0.25, 0.3) is 0 Å². The van der Waals surface area contributed by atoms with Crippen molar-refractivity contribution in [3.05, 3.63) is 19.4 Å². The summed E-state index contributed by atoms with van der Waals surface area (Å²) in [6, 6.07) is 2.77. The van der Waals surface area contributed by atoms with Crippen LogP contribution in [0.4, 0.5) is 0 Å². The van der Waals surface area contributed by atoms with Gasteiger partial charge in [-0.15, -0.1) is 11.3 Å². The number of hydrogen-bond acceptors (Lipinski definition) is 3. The molecule has 1 aromatic heterocycles. The molecule has 1 aliphatic rings. The molecule has 0 saturated carbocycles. The highest BCUT2D eigenvalue weighted by molar-refractivity contribution is 14.1.